The van der Waals surface area contributed by atoms with Crippen LogP contribution in [-0.2, 0) is 70.4 Å². The predicted molar refractivity (Wildman–Crippen MR) is 432 cm³/mol. The van der Waals surface area contributed by atoms with Crippen molar-refractivity contribution in [1.82, 2.24) is 42.1 Å². The van der Waals surface area contributed by atoms with Gasteiger partial charge >= 0.3 is 12.0 Å². The Hall–Kier alpha value is -9.76. The molecule has 1 fully saturated rings. The van der Waals surface area contributed by atoms with Gasteiger partial charge in [-0.3, -0.25) is 48.6 Å². The SMILES string of the molecule is CC[C@H](C)[C@H](NC(=O)[C@H](Cc1ccc(O)cc1)NC(=O)[C@@H]1CCCN1C(=O)[C@H](CCCN=C(N)N)NC(=O)[C@@H](N)CCCN=C(N)NC(=O)NCCOCCOCCNC(=O)CCCCC[N+]1=C(/C=C/C=C/C=C2\N(CCCCS(=O)(=O)O)c3ccccc3C2(C)C)C(C)(C)c2ccccc21)C(=O)N[C@@H](CC(C)C)C(=O)O. The molecule has 31 nitrogen and oxygen atoms in total. The average Bonchev–Trinajstić information content (AvgIpc) is 1.60. The van der Waals surface area contributed by atoms with Gasteiger partial charge in [-0.05, 0) is 132 Å². The molecule has 3 aromatic rings. The Bertz CT molecular complexity index is 3970. The maximum absolute atomic E-state index is 14.5. The number of fused-ring (bicyclic) bond motifs is 2. The minimum Gasteiger partial charge on any atom is -0.508 e. The number of carbonyl (C=O) groups is 8. The molecule has 0 radical (unpaired) electrons. The van der Waals surface area contributed by atoms with E-state index in [9.17, 15) is 61.5 Å². The van der Waals surface area contributed by atoms with Crippen LogP contribution in [0.4, 0.5) is 16.2 Å². The number of carboxylic acids is 1. The summed E-state index contributed by atoms with van der Waals surface area (Å²) in [4.78, 5) is 120. The van der Waals surface area contributed by atoms with Crippen LogP contribution in [-0.4, -0.2) is 212 Å². The summed E-state index contributed by atoms with van der Waals surface area (Å²) in [6.45, 7) is 19.3. The molecule has 0 aromatic heterocycles. The number of para-hydroxylation sites is 2. The number of hydrogen-bond acceptors (Lipinski definition) is 17. The fourth-order valence-electron chi connectivity index (χ4n) is 14.0. The summed E-state index contributed by atoms with van der Waals surface area (Å²) in [5.41, 5.74) is 30.5. The molecule has 3 aliphatic heterocycles. The Balaban J connectivity index is 0.872. The second kappa shape index (κ2) is 45.1. The summed E-state index contributed by atoms with van der Waals surface area (Å²) in [7, 11) is -4.03. The molecule has 0 spiro atoms. The minimum absolute atomic E-state index is 0.0347. The molecule has 0 unspecified atom stereocenters. The van der Waals surface area contributed by atoms with Gasteiger partial charge in [-0.2, -0.15) is 13.0 Å². The molecule has 616 valence electrons. The van der Waals surface area contributed by atoms with Crippen molar-refractivity contribution in [2.75, 3.05) is 82.9 Å². The zero-order valence-corrected chi connectivity index (χ0v) is 67.0. The van der Waals surface area contributed by atoms with Gasteiger partial charge in [0.25, 0.3) is 10.1 Å². The van der Waals surface area contributed by atoms with Crippen LogP contribution < -0.4 is 65.1 Å². The van der Waals surface area contributed by atoms with Gasteiger partial charge in [-0.15, -0.1) is 0 Å². The molecule has 18 N–H and O–H groups in total. The first-order valence-corrected chi connectivity index (χ1v) is 40.6. The summed E-state index contributed by atoms with van der Waals surface area (Å²) < 4.78 is 45.7. The molecule has 0 aliphatic carbocycles. The number of amides is 8. The standard InChI is InChI=1S/C80H120N16O15S/c1-9-54(4)69(73(102)91-62(75(104)105)51-53(2)3)92-71(100)61(52-55-35-37-56(97)38-36-55)90-72(101)65-31-24-45-96(65)74(103)60(28-23-39-86-76(82)83)89-70(99)59(81)27-22-40-87-77(84)93-78(106)88-42-47-111-49-48-110-46-41-85-68(98)34-14-11-19-43-94-63-29-17-15-25-57(63)79(5,6)66(94)32-12-10-13-33-67-80(7,8)58-26-16-18-30-64(58)95(67)44-20-21-50-112(107,108)109/h10,12-13,15-18,25-26,29-30,32-33,35-38,53-54,59-62,65,69H,9,11,14,19-24,27-28,31,34,39-52,81H2,1-8H3,(H15-,82,83,84,85,86,87,88,89,90,91,92,93,97,98,99,100,101,102,104,105,106,107,108,109)/p+1/t54-,59-,60-,61-,62-,65-,69-/m0/s1. The minimum atomic E-state index is -4.03. The maximum Gasteiger partial charge on any atom is 0.326 e. The Morgan fingerprint density at radius 1 is 0.714 bits per heavy atom. The smallest absolute Gasteiger partial charge is 0.326 e. The number of likely N-dealkylation sites (tertiary alicyclic amines) is 1. The number of nitrogens with one attached hydrogen (secondary N) is 7. The number of allylic oxidation sites excluding steroid dienone is 6. The third-order valence-electron chi connectivity index (χ3n) is 20.2. The van der Waals surface area contributed by atoms with Crippen molar-refractivity contribution in [3.63, 3.8) is 0 Å². The highest BCUT2D eigenvalue weighted by Gasteiger charge is 2.45. The molecule has 7 atom stereocenters. The first-order chi connectivity index (χ1) is 53.2. The molecule has 3 aliphatic rings. The van der Waals surface area contributed by atoms with E-state index in [0.717, 1.165) is 37.2 Å². The lowest BCUT2D eigenvalue weighted by atomic mass is 9.81. The van der Waals surface area contributed by atoms with E-state index in [2.05, 4.69) is 145 Å². The fourth-order valence-corrected chi connectivity index (χ4v) is 14.5. The number of phenols is 1. The number of aliphatic imine (C=N–C) groups is 2. The number of benzene rings is 3. The van der Waals surface area contributed by atoms with Gasteiger partial charge in [-0.1, -0.05) is 115 Å². The van der Waals surface area contributed by atoms with E-state index in [1.54, 1.807) is 19.1 Å². The van der Waals surface area contributed by atoms with Gasteiger partial charge in [0.2, 0.25) is 41.1 Å². The lowest BCUT2D eigenvalue weighted by Crippen LogP contribution is -2.60. The largest absolute Gasteiger partial charge is 0.508 e. The number of nitrogens with two attached hydrogens (primary N) is 4. The van der Waals surface area contributed by atoms with Crippen molar-refractivity contribution >= 4 is 86.6 Å². The second-order valence-corrected chi connectivity index (χ2v) is 31.6. The van der Waals surface area contributed by atoms with Gasteiger partial charge in [0.05, 0.1) is 43.6 Å². The Morgan fingerprint density at radius 2 is 1.38 bits per heavy atom. The van der Waals surface area contributed by atoms with Crippen LogP contribution in [0.3, 0.4) is 0 Å². The number of ether oxygens (including phenoxy) is 2. The van der Waals surface area contributed by atoms with E-state index < -0.39 is 93.8 Å². The fraction of sp³-hybridized carbons (Fsp3) is 0.562. The van der Waals surface area contributed by atoms with Gasteiger partial charge in [0.15, 0.2) is 17.6 Å². The van der Waals surface area contributed by atoms with Crippen LogP contribution in [0.25, 0.3) is 0 Å². The summed E-state index contributed by atoms with van der Waals surface area (Å²) >= 11 is 0. The molecule has 112 heavy (non-hydrogen) atoms. The summed E-state index contributed by atoms with van der Waals surface area (Å²) in [5, 5.41) is 38.7. The molecule has 3 aromatic carbocycles. The van der Waals surface area contributed by atoms with E-state index in [-0.39, 0.29) is 137 Å². The maximum atomic E-state index is 14.5. The van der Waals surface area contributed by atoms with E-state index in [4.69, 9.17) is 32.4 Å². The lowest BCUT2D eigenvalue weighted by molar-refractivity contribution is -0.438. The molecule has 1 saturated heterocycles. The Labute approximate surface area is 658 Å². The highest BCUT2D eigenvalue weighted by molar-refractivity contribution is 7.85. The number of anilines is 1. The number of phenolic OH excluding ortho intramolecular Hbond substituents is 1. The van der Waals surface area contributed by atoms with Crippen molar-refractivity contribution in [1.29, 1.82) is 0 Å². The van der Waals surface area contributed by atoms with Crippen molar-refractivity contribution in [3.8, 4) is 5.75 Å². The Kier molecular flexibility index (Phi) is 36.7. The van der Waals surface area contributed by atoms with Crippen LogP contribution in [0.2, 0.25) is 0 Å². The highest BCUT2D eigenvalue weighted by Crippen LogP contribution is 2.48. The van der Waals surface area contributed by atoms with E-state index in [1.165, 1.54) is 39.6 Å². The number of carboxylic acid groups (broad SMARTS) is 1. The number of nitrogens with zero attached hydrogens (tertiary/aromatic N) is 5. The van der Waals surface area contributed by atoms with Crippen LogP contribution >= 0.6 is 0 Å². The van der Waals surface area contributed by atoms with Gasteiger partial charge < -0.3 is 84.3 Å². The van der Waals surface area contributed by atoms with E-state index >= 15 is 0 Å². The normalized spacial score (nSPS) is 17.2. The van der Waals surface area contributed by atoms with Crippen molar-refractivity contribution < 1.29 is 75.6 Å². The quantitative estimate of drug-likeness (QED) is 0.00877. The molecule has 6 rings (SSSR count). The summed E-state index contributed by atoms with van der Waals surface area (Å²) in [5.74, 6) is -5.86. The molecule has 8 amide bonds. The average molecular weight is 1580 g/mol. The molecule has 0 bridgehead atoms. The van der Waals surface area contributed by atoms with Crippen LogP contribution in [0.1, 0.15) is 162 Å². The monoisotopic (exact) mass is 1580 g/mol. The molecular formula is C80H121N16O15S+. The lowest BCUT2D eigenvalue weighted by Gasteiger charge is -2.31. The molecule has 32 heteroatoms. The first kappa shape index (κ1) is 91.1. The number of aromatic hydroxyl groups is 1. The summed E-state index contributed by atoms with van der Waals surface area (Å²) in [6, 6.07) is 15.0. The molecule has 0 saturated carbocycles. The van der Waals surface area contributed by atoms with E-state index in [1.807, 2.05) is 39.0 Å². The van der Waals surface area contributed by atoms with Crippen LogP contribution in [0.5, 0.6) is 5.75 Å². The third kappa shape index (κ3) is 28.8. The Morgan fingerprint density at radius 3 is 2.05 bits per heavy atom. The predicted octanol–water partition coefficient (Wildman–Crippen LogP) is 5.06. The van der Waals surface area contributed by atoms with Crippen LogP contribution in [0, 0.1) is 11.8 Å². The zero-order valence-electron chi connectivity index (χ0n) is 66.2. The number of aliphatic carboxylic acids is 1. The van der Waals surface area contributed by atoms with Gasteiger partial charge in [-0.25, -0.2) is 9.59 Å². The number of urea groups is 1. The zero-order chi connectivity index (χ0) is 82.1. The van der Waals surface area contributed by atoms with Crippen molar-refractivity contribution in [2.24, 2.45) is 44.8 Å². The van der Waals surface area contributed by atoms with E-state index in [0.29, 0.717) is 57.4 Å². The number of guanidine groups is 2. The number of hydrogen-bond donors (Lipinski definition) is 14. The van der Waals surface area contributed by atoms with Gasteiger partial charge in [0.1, 0.15) is 42.5 Å². The van der Waals surface area contributed by atoms with Gasteiger partial charge in [0, 0.05) is 93.0 Å². The number of carbonyl (C=O) groups excluding carboxylic acids is 7. The first-order valence-electron chi connectivity index (χ1n) is 39.0. The molecular weight excluding hydrogens is 1460 g/mol. The third-order valence-corrected chi connectivity index (χ3v) is 21.0. The topological polar surface area (TPSA) is 472 Å². The number of rotatable bonds is 47. The number of unbranched alkanes of at least 4 members (excludes halogenated alkanes) is 3. The van der Waals surface area contributed by atoms with Crippen molar-refractivity contribution in [2.45, 2.75) is 199 Å². The van der Waals surface area contributed by atoms with Crippen LogP contribution in [0.15, 0.2) is 119 Å². The second-order valence-electron chi connectivity index (χ2n) is 30.1. The summed E-state index contributed by atoms with van der Waals surface area (Å²) in [6.07, 6.45) is 16.1. The van der Waals surface area contributed by atoms with Crippen molar-refractivity contribution in [3.05, 3.63) is 126 Å². The highest BCUT2D eigenvalue weighted by atomic mass is 32.2. The molecule has 3 heterocycles.